The summed E-state index contributed by atoms with van der Waals surface area (Å²) in [7, 11) is -2.89. The van der Waals surface area contributed by atoms with Crippen LogP contribution in [-0.4, -0.2) is 33.0 Å². The Hall–Kier alpha value is -0.870. The molecule has 0 bridgehead atoms. The predicted octanol–water partition coefficient (Wildman–Crippen LogP) is 2.98. The standard InChI is InChI=1S/C16H27NO2S/c1-3-11-17-14-16(15-8-6-5-7-9-15)10-13-20(18,19)12-4-2/h5-9,16-17H,3-4,10-14H2,1-2H3. The van der Waals surface area contributed by atoms with Crippen LogP contribution in [0.25, 0.3) is 0 Å². The molecule has 20 heavy (non-hydrogen) atoms. The van der Waals surface area contributed by atoms with Crippen LogP contribution in [0.15, 0.2) is 30.3 Å². The third-order valence-corrected chi connectivity index (χ3v) is 5.27. The lowest BCUT2D eigenvalue weighted by molar-refractivity contribution is 0.554. The molecule has 0 aliphatic rings. The van der Waals surface area contributed by atoms with Crippen LogP contribution in [0.1, 0.15) is 44.6 Å². The van der Waals surface area contributed by atoms with Crippen LogP contribution < -0.4 is 5.32 Å². The summed E-state index contributed by atoms with van der Waals surface area (Å²) >= 11 is 0. The molecule has 1 rings (SSSR count). The Morgan fingerprint density at radius 2 is 1.75 bits per heavy atom. The van der Waals surface area contributed by atoms with Crippen molar-refractivity contribution in [1.29, 1.82) is 0 Å². The van der Waals surface area contributed by atoms with Gasteiger partial charge in [0.15, 0.2) is 0 Å². The van der Waals surface area contributed by atoms with Crippen molar-refractivity contribution in [3.8, 4) is 0 Å². The highest BCUT2D eigenvalue weighted by molar-refractivity contribution is 7.91. The monoisotopic (exact) mass is 297 g/mol. The molecular weight excluding hydrogens is 270 g/mol. The molecule has 3 nitrogen and oxygen atoms in total. The van der Waals surface area contributed by atoms with E-state index in [4.69, 9.17) is 0 Å². The zero-order valence-electron chi connectivity index (χ0n) is 12.6. The summed E-state index contributed by atoms with van der Waals surface area (Å²) in [4.78, 5) is 0. The quantitative estimate of drug-likeness (QED) is 0.675. The maximum absolute atomic E-state index is 11.9. The summed E-state index contributed by atoms with van der Waals surface area (Å²) in [6.07, 6.45) is 2.49. The van der Waals surface area contributed by atoms with Crippen LogP contribution in [-0.2, 0) is 9.84 Å². The normalized spacial score (nSPS) is 13.3. The fourth-order valence-electron chi connectivity index (χ4n) is 2.30. The van der Waals surface area contributed by atoms with Crippen molar-refractivity contribution < 1.29 is 8.42 Å². The van der Waals surface area contributed by atoms with E-state index in [1.54, 1.807) is 0 Å². The lowest BCUT2D eigenvalue weighted by Gasteiger charge is -2.18. The molecule has 1 N–H and O–H groups in total. The molecule has 0 amide bonds. The summed E-state index contributed by atoms with van der Waals surface area (Å²) in [5.74, 6) is 0.861. The summed E-state index contributed by atoms with van der Waals surface area (Å²) in [5, 5.41) is 3.41. The molecule has 0 saturated carbocycles. The van der Waals surface area contributed by atoms with Crippen LogP contribution in [0.2, 0.25) is 0 Å². The lowest BCUT2D eigenvalue weighted by Crippen LogP contribution is -2.24. The number of benzene rings is 1. The van der Waals surface area contributed by atoms with Gasteiger partial charge in [0, 0.05) is 12.3 Å². The van der Waals surface area contributed by atoms with Crippen LogP contribution in [0, 0.1) is 0 Å². The van der Waals surface area contributed by atoms with E-state index >= 15 is 0 Å². The maximum atomic E-state index is 11.9. The van der Waals surface area contributed by atoms with Gasteiger partial charge in [-0.05, 0) is 37.3 Å². The van der Waals surface area contributed by atoms with E-state index in [1.165, 1.54) is 5.56 Å². The second-order valence-electron chi connectivity index (χ2n) is 5.25. The van der Waals surface area contributed by atoms with Gasteiger partial charge in [0.2, 0.25) is 0 Å². The van der Waals surface area contributed by atoms with Crippen molar-refractivity contribution in [3.63, 3.8) is 0 Å². The molecule has 4 heteroatoms. The average molecular weight is 297 g/mol. The topological polar surface area (TPSA) is 46.2 Å². The van der Waals surface area contributed by atoms with Gasteiger partial charge < -0.3 is 5.32 Å². The molecule has 0 radical (unpaired) electrons. The highest BCUT2D eigenvalue weighted by Crippen LogP contribution is 2.20. The van der Waals surface area contributed by atoms with E-state index < -0.39 is 9.84 Å². The van der Waals surface area contributed by atoms with Gasteiger partial charge >= 0.3 is 0 Å². The first-order valence-electron chi connectivity index (χ1n) is 7.55. The zero-order valence-corrected chi connectivity index (χ0v) is 13.5. The van der Waals surface area contributed by atoms with Gasteiger partial charge in [-0.3, -0.25) is 0 Å². The number of hydrogen-bond donors (Lipinski definition) is 1. The highest BCUT2D eigenvalue weighted by Gasteiger charge is 2.16. The Morgan fingerprint density at radius 1 is 1.05 bits per heavy atom. The summed E-state index contributed by atoms with van der Waals surface area (Å²) in [6, 6.07) is 10.2. The molecular formula is C16H27NO2S. The third kappa shape index (κ3) is 6.53. The smallest absolute Gasteiger partial charge is 0.150 e. The number of nitrogens with one attached hydrogen (secondary N) is 1. The van der Waals surface area contributed by atoms with E-state index in [0.29, 0.717) is 18.6 Å². The van der Waals surface area contributed by atoms with E-state index in [0.717, 1.165) is 19.5 Å². The first kappa shape index (κ1) is 17.2. The lowest BCUT2D eigenvalue weighted by atomic mass is 9.96. The first-order valence-corrected chi connectivity index (χ1v) is 9.37. The van der Waals surface area contributed by atoms with Gasteiger partial charge in [-0.2, -0.15) is 0 Å². The Labute approximate surface area is 123 Å². The summed E-state index contributed by atoms with van der Waals surface area (Å²) in [6.45, 7) is 5.87. The third-order valence-electron chi connectivity index (χ3n) is 3.38. The molecule has 0 fully saturated rings. The molecule has 0 aliphatic heterocycles. The zero-order chi connectivity index (χ0) is 14.8. The first-order chi connectivity index (χ1) is 9.59. The molecule has 1 unspecified atom stereocenters. The Balaban J connectivity index is 2.64. The number of hydrogen-bond acceptors (Lipinski definition) is 3. The van der Waals surface area contributed by atoms with Gasteiger partial charge in [0.05, 0.1) is 5.75 Å². The molecule has 1 aromatic rings. The SMILES string of the molecule is CCCNCC(CCS(=O)(=O)CCC)c1ccccc1. The van der Waals surface area contributed by atoms with Crippen molar-refractivity contribution >= 4 is 9.84 Å². The van der Waals surface area contributed by atoms with Crippen molar-refractivity contribution in [2.45, 2.75) is 39.0 Å². The summed E-state index contributed by atoms with van der Waals surface area (Å²) in [5.41, 5.74) is 1.22. The Kier molecular flexibility index (Phi) is 7.85. The van der Waals surface area contributed by atoms with Crippen molar-refractivity contribution in [3.05, 3.63) is 35.9 Å². The van der Waals surface area contributed by atoms with Gasteiger partial charge in [-0.15, -0.1) is 0 Å². The second-order valence-corrected chi connectivity index (χ2v) is 7.56. The fourth-order valence-corrected chi connectivity index (χ4v) is 3.77. The van der Waals surface area contributed by atoms with Crippen LogP contribution in [0.5, 0.6) is 0 Å². The number of sulfone groups is 1. The van der Waals surface area contributed by atoms with Gasteiger partial charge in [0.25, 0.3) is 0 Å². The van der Waals surface area contributed by atoms with E-state index in [-0.39, 0.29) is 11.7 Å². The minimum atomic E-state index is -2.89. The van der Waals surface area contributed by atoms with Crippen molar-refractivity contribution in [2.75, 3.05) is 24.6 Å². The van der Waals surface area contributed by atoms with Crippen molar-refractivity contribution in [1.82, 2.24) is 5.32 Å². The summed E-state index contributed by atoms with van der Waals surface area (Å²) < 4.78 is 23.8. The molecule has 1 aromatic carbocycles. The van der Waals surface area contributed by atoms with Crippen LogP contribution >= 0.6 is 0 Å². The second kappa shape index (κ2) is 9.14. The van der Waals surface area contributed by atoms with E-state index in [9.17, 15) is 8.42 Å². The van der Waals surface area contributed by atoms with Crippen LogP contribution in [0.3, 0.4) is 0 Å². The average Bonchev–Trinajstić information content (AvgIpc) is 2.43. The van der Waals surface area contributed by atoms with Crippen molar-refractivity contribution in [2.24, 2.45) is 0 Å². The van der Waals surface area contributed by atoms with Gasteiger partial charge in [-0.25, -0.2) is 8.42 Å². The predicted molar refractivity (Wildman–Crippen MR) is 85.9 cm³/mol. The minimum absolute atomic E-state index is 0.273. The Morgan fingerprint density at radius 3 is 2.35 bits per heavy atom. The molecule has 0 aromatic heterocycles. The fraction of sp³-hybridized carbons (Fsp3) is 0.625. The molecule has 0 spiro atoms. The van der Waals surface area contributed by atoms with Gasteiger partial charge in [0.1, 0.15) is 9.84 Å². The highest BCUT2D eigenvalue weighted by atomic mass is 32.2. The van der Waals surface area contributed by atoms with E-state index in [1.807, 2.05) is 25.1 Å². The molecule has 0 saturated heterocycles. The molecule has 0 aliphatic carbocycles. The number of rotatable bonds is 10. The molecule has 1 atom stereocenters. The molecule has 114 valence electrons. The maximum Gasteiger partial charge on any atom is 0.150 e. The largest absolute Gasteiger partial charge is 0.316 e. The van der Waals surface area contributed by atoms with Crippen LogP contribution in [0.4, 0.5) is 0 Å². The van der Waals surface area contributed by atoms with Gasteiger partial charge in [-0.1, -0.05) is 44.2 Å². The molecule has 0 heterocycles. The Bertz CT molecular complexity index is 457. The minimum Gasteiger partial charge on any atom is -0.316 e. The van der Waals surface area contributed by atoms with E-state index in [2.05, 4.69) is 24.4 Å².